The molecule has 126 valence electrons. The van der Waals surface area contributed by atoms with Crippen molar-refractivity contribution >= 4 is 29.2 Å². The van der Waals surface area contributed by atoms with Crippen molar-refractivity contribution in [3.63, 3.8) is 0 Å². The Balaban J connectivity index is 1.79. The van der Waals surface area contributed by atoms with Gasteiger partial charge in [0.1, 0.15) is 5.82 Å². The lowest BCUT2D eigenvalue weighted by molar-refractivity contribution is -0.146. The Kier molecular flexibility index (Phi) is 4.09. The number of hydrogen-bond acceptors (Lipinski definition) is 3. The van der Waals surface area contributed by atoms with E-state index in [0.29, 0.717) is 12.1 Å². The highest BCUT2D eigenvalue weighted by Crippen LogP contribution is 2.48. The first-order chi connectivity index (χ1) is 11.4. The monoisotopic (exact) mass is 332 g/mol. The lowest BCUT2D eigenvalue weighted by Crippen LogP contribution is -2.36. The van der Waals surface area contributed by atoms with E-state index in [1.165, 1.54) is 19.1 Å². The highest BCUT2D eigenvalue weighted by atomic mass is 19.1. The maximum atomic E-state index is 13.6. The third-order valence-corrected chi connectivity index (χ3v) is 4.59. The van der Waals surface area contributed by atoms with E-state index >= 15 is 0 Å². The van der Waals surface area contributed by atoms with Crippen molar-refractivity contribution in [2.45, 2.75) is 13.3 Å². The number of fused-ring (bicyclic) bond motifs is 2. The quantitative estimate of drug-likeness (QED) is 0.737. The first-order valence-corrected chi connectivity index (χ1v) is 7.66. The van der Waals surface area contributed by atoms with Crippen LogP contribution in [0.3, 0.4) is 0 Å². The summed E-state index contributed by atoms with van der Waals surface area (Å²) in [6, 6.07) is 3.82. The summed E-state index contributed by atoms with van der Waals surface area (Å²) in [4.78, 5) is 35.1. The Bertz CT molecular complexity index is 746. The van der Waals surface area contributed by atoms with Crippen LogP contribution in [-0.4, -0.2) is 22.9 Å². The van der Waals surface area contributed by atoms with Crippen LogP contribution in [0.5, 0.6) is 0 Å². The number of rotatable bonds is 4. The SMILES string of the molecule is CC(=O)Nc1cc(NC(=O)[C@@H]2[C@H](C(=O)O)[C@H]3C=C[C@H]2C3)ccc1F. The molecule has 24 heavy (non-hydrogen) atoms. The van der Waals surface area contributed by atoms with Gasteiger partial charge >= 0.3 is 5.97 Å². The average Bonchev–Trinajstić information content (AvgIpc) is 3.10. The van der Waals surface area contributed by atoms with Crippen LogP contribution in [0.1, 0.15) is 13.3 Å². The van der Waals surface area contributed by atoms with E-state index in [1.807, 2.05) is 12.2 Å². The fraction of sp³-hybridized carbons (Fsp3) is 0.353. The second kappa shape index (κ2) is 6.07. The fourth-order valence-corrected chi connectivity index (χ4v) is 3.63. The maximum Gasteiger partial charge on any atom is 0.307 e. The smallest absolute Gasteiger partial charge is 0.307 e. The third-order valence-electron chi connectivity index (χ3n) is 4.59. The minimum Gasteiger partial charge on any atom is -0.481 e. The Morgan fingerprint density at radius 2 is 1.79 bits per heavy atom. The third kappa shape index (κ3) is 2.89. The van der Waals surface area contributed by atoms with Crippen LogP contribution in [0.25, 0.3) is 0 Å². The van der Waals surface area contributed by atoms with Gasteiger partial charge in [0, 0.05) is 12.6 Å². The number of allylic oxidation sites excluding steroid dienone is 2. The van der Waals surface area contributed by atoms with Crippen LogP contribution in [0, 0.1) is 29.5 Å². The minimum absolute atomic E-state index is 0.0390. The molecule has 1 aromatic carbocycles. The normalized spacial score (nSPS) is 27.1. The molecule has 2 bridgehead atoms. The Labute approximate surface area is 137 Å². The van der Waals surface area contributed by atoms with Crippen molar-refractivity contribution in [1.82, 2.24) is 0 Å². The van der Waals surface area contributed by atoms with Gasteiger partial charge in [-0.3, -0.25) is 14.4 Å². The predicted octanol–water partition coefficient (Wildman–Crippen LogP) is 2.25. The first kappa shape index (κ1) is 16.2. The summed E-state index contributed by atoms with van der Waals surface area (Å²) in [5.74, 6) is -4.03. The largest absolute Gasteiger partial charge is 0.481 e. The maximum absolute atomic E-state index is 13.6. The molecule has 3 N–H and O–H groups in total. The lowest BCUT2D eigenvalue weighted by atomic mass is 9.82. The van der Waals surface area contributed by atoms with Gasteiger partial charge < -0.3 is 15.7 Å². The van der Waals surface area contributed by atoms with Crippen molar-refractivity contribution < 1.29 is 23.9 Å². The van der Waals surface area contributed by atoms with E-state index < -0.39 is 35.4 Å². The molecule has 3 rings (SSSR count). The number of aliphatic carboxylic acids is 1. The van der Waals surface area contributed by atoms with Gasteiger partial charge in [-0.25, -0.2) is 4.39 Å². The molecule has 0 radical (unpaired) electrons. The van der Waals surface area contributed by atoms with Crippen LogP contribution in [-0.2, 0) is 14.4 Å². The Morgan fingerprint density at radius 3 is 2.42 bits per heavy atom. The fourth-order valence-electron chi connectivity index (χ4n) is 3.63. The molecule has 0 aromatic heterocycles. The van der Waals surface area contributed by atoms with Gasteiger partial charge in [-0.1, -0.05) is 12.2 Å². The van der Waals surface area contributed by atoms with Gasteiger partial charge in [-0.05, 0) is 36.5 Å². The summed E-state index contributed by atoms with van der Waals surface area (Å²) in [6.07, 6.45) is 4.41. The lowest BCUT2D eigenvalue weighted by Gasteiger charge is -2.24. The van der Waals surface area contributed by atoms with E-state index in [-0.39, 0.29) is 17.5 Å². The summed E-state index contributed by atoms with van der Waals surface area (Å²) in [5, 5.41) is 14.4. The number of amides is 2. The number of nitrogens with one attached hydrogen (secondary N) is 2. The summed E-state index contributed by atoms with van der Waals surface area (Å²) < 4.78 is 13.6. The molecule has 0 unspecified atom stereocenters. The number of carbonyl (C=O) groups is 3. The van der Waals surface area contributed by atoms with Crippen LogP contribution >= 0.6 is 0 Å². The zero-order valence-electron chi connectivity index (χ0n) is 13.0. The number of carboxylic acid groups (broad SMARTS) is 1. The Hall–Kier alpha value is -2.70. The van der Waals surface area contributed by atoms with Gasteiger partial charge in [0.05, 0.1) is 17.5 Å². The molecule has 0 saturated heterocycles. The van der Waals surface area contributed by atoms with Crippen molar-refractivity contribution in [2.24, 2.45) is 23.7 Å². The highest BCUT2D eigenvalue weighted by molar-refractivity contribution is 5.97. The number of carbonyl (C=O) groups excluding carboxylic acids is 2. The summed E-state index contributed by atoms with van der Waals surface area (Å²) in [7, 11) is 0. The van der Waals surface area contributed by atoms with Crippen LogP contribution in [0.2, 0.25) is 0 Å². The van der Waals surface area contributed by atoms with Gasteiger partial charge in [-0.15, -0.1) is 0 Å². The van der Waals surface area contributed by atoms with Gasteiger partial charge in [0.25, 0.3) is 0 Å². The molecular weight excluding hydrogens is 315 g/mol. The summed E-state index contributed by atoms with van der Waals surface area (Å²) in [5.41, 5.74) is 0.268. The summed E-state index contributed by atoms with van der Waals surface area (Å²) >= 11 is 0. The van der Waals surface area contributed by atoms with E-state index in [4.69, 9.17) is 0 Å². The second-order valence-corrected chi connectivity index (χ2v) is 6.20. The number of halogens is 1. The molecule has 0 spiro atoms. The zero-order valence-corrected chi connectivity index (χ0v) is 13.0. The molecular formula is C17H17FN2O4. The molecule has 2 amide bonds. The van der Waals surface area contributed by atoms with E-state index in [0.717, 1.165) is 6.07 Å². The predicted molar refractivity (Wildman–Crippen MR) is 84.7 cm³/mol. The van der Waals surface area contributed by atoms with Crippen LogP contribution in [0.4, 0.5) is 15.8 Å². The molecule has 0 heterocycles. The molecule has 2 aliphatic carbocycles. The van der Waals surface area contributed by atoms with Gasteiger partial charge in [0.2, 0.25) is 11.8 Å². The Morgan fingerprint density at radius 1 is 1.12 bits per heavy atom. The number of hydrogen-bond donors (Lipinski definition) is 3. The number of anilines is 2. The van der Waals surface area contributed by atoms with E-state index in [9.17, 15) is 23.9 Å². The molecule has 1 fully saturated rings. The van der Waals surface area contributed by atoms with E-state index in [1.54, 1.807) is 0 Å². The van der Waals surface area contributed by atoms with Crippen LogP contribution < -0.4 is 10.6 Å². The zero-order chi connectivity index (χ0) is 17.4. The highest BCUT2D eigenvalue weighted by Gasteiger charge is 2.51. The standard InChI is InChI=1S/C17H17FN2O4/c1-8(21)19-13-7-11(4-5-12(13)18)20-16(22)14-9-2-3-10(6-9)15(14)17(23)24/h2-5,7,9-10,14-15H,6H2,1H3,(H,19,21)(H,20,22)(H,23,24)/t9-,10-,14-,15+/m0/s1. The van der Waals surface area contributed by atoms with Crippen molar-refractivity contribution in [3.8, 4) is 0 Å². The number of carboxylic acids is 1. The number of benzene rings is 1. The topological polar surface area (TPSA) is 95.5 Å². The second-order valence-electron chi connectivity index (χ2n) is 6.20. The van der Waals surface area contributed by atoms with Gasteiger partial charge in [0.15, 0.2) is 0 Å². The molecule has 7 heteroatoms. The van der Waals surface area contributed by atoms with Crippen molar-refractivity contribution in [3.05, 3.63) is 36.2 Å². The molecule has 0 aliphatic heterocycles. The average molecular weight is 332 g/mol. The summed E-state index contributed by atoms with van der Waals surface area (Å²) in [6.45, 7) is 1.25. The van der Waals surface area contributed by atoms with Crippen LogP contribution in [0.15, 0.2) is 30.4 Å². The molecule has 1 saturated carbocycles. The molecule has 6 nitrogen and oxygen atoms in total. The van der Waals surface area contributed by atoms with E-state index in [2.05, 4.69) is 10.6 Å². The first-order valence-electron chi connectivity index (χ1n) is 7.66. The van der Waals surface area contributed by atoms with Gasteiger partial charge in [-0.2, -0.15) is 0 Å². The molecule has 2 aliphatic rings. The van der Waals surface area contributed by atoms with Crippen molar-refractivity contribution in [2.75, 3.05) is 10.6 Å². The van der Waals surface area contributed by atoms with Crippen molar-refractivity contribution in [1.29, 1.82) is 0 Å². The molecule has 1 aromatic rings. The minimum atomic E-state index is -0.981. The molecule has 4 atom stereocenters.